The van der Waals surface area contributed by atoms with Crippen molar-refractivity contribution in [2.75, 3.05) is 30.4 Å². The second-order valence-electron chi connectivity index (χ2n) is 9.87. The van der Waals surface area contributed by atoms with E-state index in [0.29, 0.717) is 18.1 Å². The van der Waals surface area contributed by atoms with Gasteiger partial charge in [-0.3, -0.25) is 9.69 Å². The normalized spacial score (nSPS) is 14.7. The molecule has 0 amide bonds. The van der Waals surface area contributed by atoms with E-state index in [9.17, 15) is 4.39 Å². The Morgan fingerprint density at radius 2 is 1.97 bits per heavy atom. The number of nitrogen functional groups attached to an aromatic ring is 1. The zero-order valence-corrected chi connectivity index (χ0v) is 21.7. The first-order valence-corrected chi connectivity index (χ1v) is 12.7. The molecule has 12 heteroatoms. The van der Waals surface area contributed by atoms with Crippen LogP contribution in [0, 0.1) is 23.5 Å². The van der Waals surface area contributed by atoms with Crippen molar-refractivity contribution in [2.24, 2.45) is 28.6 Å². The third-order valence-corrected chi connectivity index (χ3v) is 6.63. The second kappa shape index (κ2) is 12.2. The Labute approximate surface area is 220 Å². The summed E-state index contributed by atoms with van der Waals surface area (Å²) in [6, 6.07) is 4.34. The fourth-order valence-electron chi connectivity index (χ4n) is 4.29. The van der Waals surface area contributed by atoms with E-state index in [2.05, 4.69) is 34.3 Å². The number of hydrogen-bond acceptors (Lipinski definition) is 8. The van der Waals surface area contributed by atoms with E-state index in [1.54, 1.807) is 18.5 Å². The molecular weight excluding hydrogens is 492 g/mol. The Kier molecular flexibility index (Phi) is 8.74. The number of benzene rings is 1. The summed E-state index contributed by atoms with van der Waals surface area (Å²) >= 11 is 0. The molecule has 1 saturated heterocycles. The number of amidine groups is 1. The number of rotatable bonds is 9. The summed E-state index contributed by atoms with van der Waals surface area (Å²) in [6.45, 7) is 7.15. The van der Waals surface area contributed by atoms with Gasteiger partial charge in [0.1, 0.15) is 5.82 Å². The maximum Gasteiger partial charge on any atom is 0.202 e. The van der Waals surface area contributed by atoms with Crippen molar-refractivity contribution >= 4 is 17.3 Å². The van der Waals surface area contributed by atoms with Gasteiger partial charge in [0.15, 0.2) is 17.4 Å². The molecule has 10 nitrogen and oxygen atoms in total. The molecule has 204 valence electrons. The van der Waals surface area contributed by atoms with E-state index in [1.165, 1.54) is 12.1 Å². The monoisotopic (exact) mass is 527 g/mol. The van der Waals surface area contributed by atoms with Gasteiger partial charge in [-0.25, -0.2) is 15.2 Å². The van der Waals surface area contributed by atoms with Crippen molar-refractivity contribution in [2.45, 2.75) is 39.7 Å². The van der Waals surface area contributed by atoms with Gasteiger partial charge in [-0.1, -0.05) is 13.8 Å². The molecule has 1 aliphatic heterocycles. The van der Waals surface area contributed by atoms with E-state index >= 15 is 4.39 Å². The zero-order chi connectivity index (χ0) is 27.2. The lowest BCUT2D eigenvalue weighted by atomic mass is 9.99. The van der Waals surface area contributed by atoms with E-state index in [0.717, 1.165) is 49.5 Å². The van der Waals surface area contributed by atoms with Crippen LogP contribution in [-0.2, 0) is 6.54 Å². The number of anilines is 2. The lowest BCUT2D eigenvalue weighted by Crippen LogP contribution is -2.40. The summed E-state index contributed by atoms with van der Waals surface area (Å²) in [5, 5.41) is 12.2. The van der Waals surface area contributed by atoms with Crippen LogP contribution in [0.15, 0.2) is 41.9 Å². The van der Waals surface area contributed by atoms with Crippen molar-refractivity contribution in [1.82, 2.24) is 20.1 Å². The van der Waals surface area contributed by atoms with Gasteiger partial charge < -0.3 is 21.6 Å². The third-order valence-electron chi connectivity index (χ3n) is 6.63. The SMILES string of the molecule is CC(C)CCn1cc(-c2cnc(N)c(/C(=N/N)N(N)c3ccc(OCC4CCNCC4)c(F)c3F)c2)cn1. The minimum atomic E-state index is -1.19. The summed E-state index contributed by atoms with van der Waals surface area (Å²) in [5.74, 6) is 10.1. The van der Waals surface area contributed by atoms with Crippen LogP contribution < -0.4 is 32.5 Å². The van der Waals surface area contributed by atoms with Crippen LogP contribution in [0.25, 0.3) is 11.1 Å². The Bertz CT molecular complexity index is 1270. The molecule has 1 aliphatic rings. The fourth-order valence-corrected chi connectivity index (χ4v) is 4.29. The maximum absolute atomic E-state index is 15.1. The summed E-state index contributed by atoms with van der Waals surface area (Å²) in [6.07, 6.45) is 8.03. The molecule has 7 N–H and O–H groups in total. The van der Waals surface area contributed by atoms with E-state index < -0.39 is 11.6 Å². The van der Waals surface area contributed by atoms with Crippen LogP contribution in [0.2, 0.25) is 0 Å². The fraction of sp³-hybridized carbons (Fsp3) is 0.423. The smallest absolute Gasteiger partial charge is 0.202 e. The van der Waals surface area contributed by atoms with Crippen molar-refractivity contribution in [1.29, 1.82) is 0 Å². The summed E-state index contributed by atoms with van der Waals surface area (Å²) in [4.78, 5) is 4.24. The molecule has 0 unspecified atom stereocenters. The molecule has 3 aromatic rings. The van der Waals surface area contributed by atoms with Gasteiger partial charge in [-0.05, 0) is 62.4 Å². The molecule has 0 spiro atoms. The molecule has 4 rings (SSSR count). The Balaban J connectivity index is 1.55. The summed E-state index contributed by atoms with van der Waals surface area (Å²) in [7, 11) is 0. The summed E-state index contributed by atoms with van der Waals surface area (Å²) < 4.78 is 37.5. The van der Waals surface area contributed by atoms with Crippen LogP contribution in [0.5, 0.6) is 5.75 Å². The van der Waals surface area contributed by atoms with Crippen LogP contribution >= 0.6 is 0 Å². The molecule has 0 saturated carbocycles. The van der Waals surface area contributed by atoms with Crippen LogP contribution in [0.4, 0.5) is 20.3 Å². The highest BCUT2D eigenvalue weighted by molar-refractivity contribution is 6.12. The molecule has 0 bridgehead atoms. The third kappa shape index (κ3) is 6.20. The molecule has 1 fully saturated rings. The number of aryl methyl sites for hydroxylation is 1. The van der Waals surface area contributed by atoms with Gasteiger partial charge in [-0.2, -0.15) is 14.6 Å². The lowest BCUT2D eigenvalue weighted by Gasteiger charge is -2.24. The number of pyridine rings is 1. The predicted molar refractivity (Wildman–Crippen MR) is 144 cm³/mol. The lowest BCUT2D eigenvalue weighted by molar-refractivity contribution is 0.206. The van der Waals surface area contributed by atoms with Gasteiger partial charge in [0.25, 0.3) is 0 Å². The largest absolute Gasteiger partial charge is 0.490 e. The molecule has 0 atom stereocenters. The molecule has 1 aromatic carbocycles. The van der Waals surface area contributed by atoms with Crippen LogP contribution in [0.3, 0.4) is 0 Å². The van der Waals surface area contributed by atoms with E-state index in [1.807, 2.05) is 10.9 Å². The minimum absolute atomic E-state index is 0.0726. The molecule has 0 radical (unpaired) electrons. The number of hydrazine groups is 1. The molecule has 2 aromatic heterocycles. The zero-order valence-electron chi connectivity index (χ0n) is 21.7. The quantitative estimate of drug-likeness (QED) is 0.144. The van der Waals surface area contributed by atoms with E-state index in [4.69, 9.17) is 22.2 Å². The molecule has 3 heterocycles. The first-order chi connectivity index (χ1) is 18.3. The summed E-state index contributed by atoms with van der Waals surface area (Å²) in [5.41, 5.74) is 7.57. The topological polar surface area (TPSA) is 146 Å². The maximum atomic E-state index is 15.1. The number of piperidine rings is 1. The average molecular weight is 528 g/mol. The second-order valence-corrected chi connectivity index (χ2v) is 9.87. The molecule has 38 heavy (non-hydrogen) atoms. The van der Waals surface area contributed by atoms with Crippen molar-refractivity contribution < 1.29 is 13.5 Å². The van der Waals surface area contributed by atoms with Gasteiger partial charge >= 0.3 is 0 Å². The number of hydrogen-bond donors (Lipinski definition) is 4. The van der Waals surface area contributed by atoms with Crippen molar-refractivity contribution in [3.8, 4) is 16.9 Å². The van der Waals surface area contributed by atoms with E-state index in [-0.39, 0.29) is 34.6 Å². The number of nitrogens with one attached hydrogen (secondary N) is 1. The van der Waals surface area contributed by atoms with Crippen LogP contribution in [0.1, 0.15) is 38.7 Å². The first-order valence-electron chi connectivity index (χ1n) is 12.7. The minimum Gasteiger partial charge on any atom is -0.490 e. The van der Waals surface area contributed by atoms with Gasteiger partial charge in [0.05, 0.1) is 24.1 Å². The highest BCUT2D eigenvalue weighted by Gasteiger charge is 2.24. The first kappa shape index (κ1) is 27.3. The van der Waals surface area contributed by atoms with Crippen molar-refractivity contribution in [3.05, 3.63) is 54.0 Å². The number of nitrogens with zero attached hydrogens (tertiary/aromatic N) is 5. The van der Waals surface area contributed by atoms with Gasteiger partial charge in [-0.15, -0.1) is 0 Å². The number of nitrogens with two attached hydrogens (primary N) is 3. The number of ether oxygens (including phenoxy) is 1. The van der Waals surface area contributed by atoms with Gasteiger partial charge in [0.2, 0.25) is 5.82 Å². The molecular formula is C26H35F2N9O. The molecule has 0 aliphatic carbocycles. The highest BCUT2D eigenvalue weighted by atomic mass is 19.2. The number of aromatic nitrogens is 3. The Morgan fingerprint density at radius 3 is 2.68 bits per heavy atom. The standard InChI is InChI=1S/C26H35F2N9O/c1-16(2)7-10-36-14-19(13-34-36)18-11-20(25(29)33-12-18)26(35-30)37(31)21-3-4-22(24(28)23(21)27)38-15-17-5-8-32-9-6-17/h3-4,11-14,16-17,32H,5-10,15,30-31H2,1-2H3,(H2,29,33)/b35-26-. The van der Waals surface area contributed by atoms with Gasteiger partial charge in [0, 0.05) is 30.1 Å². The predicted octanol–water partition coefficient (Wildman–Crippen LogP) is 3.23. The Morgan fingerprint density at radius 1 is 1.21 bits per heavy atom. The average Bonchev–Trinajstić information content (AvgIpc) is 3.39. The number of halogens is 2. The highest BCUT2D eigenvalue weighted by Crippen LogP contribution is 2.30. The van der Waals surface area contributed by atoms with Crippen molar-refractivity contribution in [3.63, 3.8) is 0 Å². The van der Waals surface area contributed by atoms with Crippen LogP contribution in [-0.4, -0.2) is 40.3 Å². The Hall–Kier alpha value is -3.77. The number of hydrazone groups is 1.